The van der Waals surface area contributed by atoms with Crippen LogP contribution in [-0.2, 0) is 16.4 Å². The summed E-state index contributed by atoms with van der Waals surface area (Å²) in [5.41, 5.74) is 2.61. The molecule has 2 aromatic carbocycles. The number of sulfonamides is 1. The Labute approximate surface area is 149 Å². The quantitative estimate of drug-likeness (QED) is 0.846. The molecular weight excluding hydrogens is 334 g/mol. The van der Waals surface area contributed by atoms with E-state index in [-0.39, 0.29) is 0 Å². The van der Waals surface area contributed by atoms with Crippen molar-refractivity contribution in [1.82, 2.24) is 4.31 Å². The number of hydrogen-bond donors (Lipinski definition) is 0. The van der Waals surface area contributed by atoms with Gasteiger partial charge in [-0.25, -0.2) is 8.42 Å². The number of aryl methyl sites for hydroxylation is 1. The predicted octanol–water partition coefficient (Wildman–Crippen LogP) is 2.63. The van der Waals surface area contributed by atoms with Crippen LogP contribution >= 0.6 is 0 Å². The first-order valence-electron chi connectivity index (χ1n) is 8.39. The van der Waals surface area contributed by atoms with E-state index in [2.05, 4.69) is 11.0 Å². The number of nitrogens with zero attached hydrogens (tertiary/aromatic N) is 3. The van der Waals surface area contributed by atoms with E-state index in [0.29, 0.717) is 36.6 Å². The van der Waals surface area contributed by atoms with Crippen LogP contribution in [0.3, 0.4) is 0 Å². The van der Waals surface area contributed by atoms with Gasteiger partial charge in [-0.1, -0.05) is 31.2 Å². The highest BCUT2D eigenvalue weighted by Gasteiger charge is 2.29. The molecule has 0 unspecified atom stereocenters. The van der Waals surface area contributed by atoms with Crippen LogP contribution in [0, 0.1) is 11.3 Å². The highest BCUT2D eigenvalue weighted by molar-refractivity contribution is 7.89. The van der Waals surface area contributed by atoms with Crippen molar-refractivity contribution >= 4 is 15.7 Å². The number of piperazine rings is 1. The highest BCUT2D eigenvalue weighted by Crippen LogP contribution is 2.24. The van der Waals surface area contributed by atoms with Crippen molar-refractivity contribution in [3.63, 3.8) is 0 Å². The van der Waals surface area contributed by atoms with E-state index in [4.69, 9.17) is 0 Å². The van der Waals surface area contributed by atoms with E-state index in [1.807, 2.05) is 37.3 Å². The van der Waals surface area contributed by atoms with E-state index in [0.717, 1.165) is 17.7 Å². The van der Waals surface area contributed by atoms with Crippen molar-refractivity contribution in [2.45, 2.75) is 18.2 Å². The summed E-state index contributed by atoms with van der Waals surface area (Å²) in [6, 6.07) is 16.7. The molecule has 1 aliphatic rings. The minimum absolute atomic E-state index is 0.343. The van der Waals surface area contributed by atoms with E-state index in [9.17, 15) is 13.7 Å². The van der Waals surface area contributed by atoms with Crippen LogP contribution in [-0.4, -0.2) is 38.9 Å². The number of anilines is 1. The molecule has 0 N–H and O–H groups in total. The normalized spacial score (nSPS) is 15.8. The number of para-hydroxylation sites is 1. The van der Waals surface area contributed by atoms with Gasteiger partial charge >= 0.3 is 0 Å². The Morgan fingerprint density at radius 2 is 1.64 bits per heavy atom. The fraction of sp³-hybridized carbons (Fsp3) is 0.316. The summed E-state index contributed by atoms with van der Waals surface area (Å²) in [6.45, 7) is 4.02. The SMILES string of the molecule is CCc1ccc(S(=O)(=O)N2CCN(c3ccccc3C#N)CC2)cc1. The van der Waals surface area contributed by atoms with E-state index in [1.165, 1.54) is 4.31 Å². The molecule has 25 heavy (non-hydrogen) atoms. The smallest absolute Gasteiger partial charge is 0.243 e. The molecule has 2 aromatic rings. The van der Waals surface area contributed by atoms with Crippen LogP contribution in [0.1, 0.15) is 18.1 Å². The summed E-state index contributed by atoms with van der Waals surface area (Å²) < 4.78 is 27.1. The number of rotatable bonds is 4. The van der Waals surface area contributed by atoms with Gasteiger partial charge in [0.15, 0.2) is 0 Å². The van der Waals surface area contributed by atoms with Gasteiger partial charge in [-0.05, 0) is 36.2 Å². The fourth-order valence-corrected chi connectivity index (χ4v) is 4.48. The molecule has 0 atom stereocenters. The Morgan fingerprint density at radius 3 is 2.24 bits per heavy atom. The second kappa shape index (κ2) is 7.26. The summed E-state index contributed by atoms with van der Waals surface area (Å²) in [7, 11) is -3.47. The molecule has 0 spiro atoms. The monoisotopic (exact) mass is 355 g/mol. The maximum absolute atomic E-state index is 12.8. The molecule has 5 nitrogen and oxygen atoms in total. The van der Waals surface area contributed by atoms with E-state index in [1.54, 1.807) is 18.2 Å². The lowest BCUT2D eigenvalue weighted by Crippen LogP contribution is -2.48. The van der Waals surface area contributed by atoms with Crippen LogP contribution in [0.4, 0.5) is 5.69 Å². The molecule has 0 saturated carbocycles. The minimum Gasteiger partial charge on any atom is -0.368 e. The van der Waals surface area contributed by atoms with Crippen molar-refractivity contribution in [3.8, 4) is 6.07 Å². The molecule has 0 aliphatic carbocycles. The first kappa shape index (κ1) is 17.5. The molecule has 3 rings (SSSR count). The maximum Gasteiger partial charge on any atom is 0.243 e. The average Bonchev–Trinajstić information content (AvgIpc) is 2.68. The number of nitriles is 1. The van der Waals surface area contributed by atoms with E-state index >= 15 is 0 Å². The van der Waals surface area contributed by atoms with Crippen molar-refractivity contribution in [2.24, 2.45) is 0 Å². The van der Waals surface area contributed by atoms with Crippen molar-refractivity contribution in [3.05, 3.63) is 59.7 Å². The van der Waals surface area contributed by atoms with Crippen molar-refractivity contribution in [2.75, 3.05) is 31.1 Å². The zero-order chi connectivity index (χ0) is 17.9. The molecule has 130 valence electrons. The third-order valence-electron chi connectivity index (χ3n) is 4.57. The van der Waals surface area contributed by atoms with E-state index < -0.39 is 10.0 Å². The second-order valence-corrected chi connectivity index (χ2v) is 7.96. The van der Waals surface area contributed by atoms with Gasteiger partial charge in [0.25, 0.3) is 0 Å². The third kappa shape index (κ3) is 3.53. The fourth-order valence-electron chi connectivity index (χ4n) is 3.06. The Bertz CT molecular complexity index is 878. The lowest BCUT2D eigenvalue weighted by Gasteiger charge is -2.35. The topological polar surface area (TPSA) is 64.4 Å². The molecule has 1 aliphatic heterocycles. The lowest BCUT2D eigenvalue weighted by molar-refractivity contribution is 0.385. The standard InChI is InChI=1S/C19H21N3O2S/c1-2-16-7-9-18(10-8-16)25(23,24)22-13-11-21(12-14-22)19-6-4-3-5-17(19)15-20/h3-10H,2,11-14H2,1H3. The molecule has 1 fully saturated rings. The Morgan fingerprint density at radius 1 is 1.00 bits per heavy atom. The predicted molar refractivity (Wildman–Crippen MR) is 97.9 cm³/mol. The molecule has 6 heteroatoms. The summed E-state index contributed by atoms with van der Waals surface area (Å²) in [5, 5.41) is 9.24. The van der Waals surface area contributed by atoms with Crippen LogP contribution in [0.2, 0.25) is 0 Å². The Balaban J connectivity index is 1.74. The first-order valence-corrected chi connectivity index (χ1v) is 9.83. The number of hydrogen-bond acceptors (Lipinski definition) is 4. The first-order chi connectivity index (χ1) is 12.1. The molecule has 0 bridgehead atoms. The Hall–Kier alpha value is -2.36. The molecule has 0 amide bonds. The molecule has 0 radical (unpaired) electrons. The van der Waals surface area contributed by atoms with Crippen LogP contribution < -0.4 is 4.90 Å². The zero-order valence-electron chi connectivity index (χ0n) is 14.2. The Kier molecular flexibility index (Phi) is 5.07. The van der Waals surface area contributed by atoms with Crippen LogP contribution in [0.15, 0.2) is 53.4 Å². The maximum atomic E-state index is 12.8. The van der Waals surface area contributed by atoms with Gasteiger partial charge < -0.3 is 4.90 Å². The molecule has 0 aromatic heterocycles. The third-order valence-corrected chi connectivity index (χ3v) is 6.49. The lowest BCUT2D eigenvalue weighted by atomic mass is 10.1. The van der Waals surface area contributed by atoms with Gasteiger partial charge in [0.05, 0.1) is 16.1 Å². The van der Waals surface area contributed by atoms with Crippen LogP contribution in [0.25, 0.3) is 0 Å². The van der Waals surface area contributed by atoms with Gasteiger partial charge in [0, 0.05) is 26.2 Å². The van der Waals surface area contributed by atoms with Gasteiger partial charge in [-0.2, -0.15) is 9.57 Å². The molecule has 1 heterocycles. The zero-order valence-corrected chi connectivity index (χ0v) is 15.0. The van der Waals surface area contributed by atoms with Gasteiger partial charge in [0.2, 0.25) is 10.0 Å². The number of benzene rings is 2. The minimum atomic E-state index is -3.47. The summed E-state index contributed by atoms with van der Waals surface area (Å²) in [5.74, 6) is 0. The molecule has 1 saturated heterocycles. The van der Waals surface area contributed by atoms with Crippen LogP contribution in [0.5, 0.6) is 0 Å². The van der Waals surface area contributed by atoms with Gasteiger partial charge in [-0.3, -0.25) is 0 Å². The molecular formula is C19H21N3O2S. The van der Waals surface area contributed by atoms with Gasteiger partial charge in [0.1, 0.15) is 6.07 Å². The summed E-state index contributed by atoms with van der Waals surface area (Å²) >= 11 is 0. The van der Waals surface area contributed by atoms with Crippen molar-refractivity contribution in [1.29, 1.82) is 5.26 Å². The van der Waals surface area contributed by atoms with Gasteiger partial charge in [-0.15, -0.1) is 0 Å². The second-order valence-electron chi connectivity index (χ2n) is 6.02. The largest absolute Gasteiger partial charge is 0.368 e. The summed E-state index contributed by atoms with van der Waals surface area (Å²) in [6.07, 6.45) is 0.886. The highest BCUT2D eigenvalue weighted by atomic mass is 32.2. The average molecular weight is 355 g/mol. The summed E-state index contributed by atoms with van der Waals surface area (Å²) in [4.78, 5) is 2.42. The van der Waals surface area contributed by atoms with Crippen molar-refractivity contribution < 1.29 is 8.42 Å².